The fourth-order valence-corrected chi connectivity index (χ4v) is 1.97. The predicted molar refractivity (Wildman–Crippen MR) is 62.4 cm³/mol. The van der Waals surface area contributed by atoms with Crippen LogP contribution < -0.4 is 0 Å². The molecule has 1 unspecified atom stereocenters. The van der Waals surface area contributed by atoms with E-state index in [2.05, 4.69) is 4.98 Å². The molecule has 0 saturated carbocycles. The van der Waals surface area contributed by atoms with Crippen LogP contribution in [0.5, 0.6) is 0 Å². The van der Waals surface area contributed by atoms with E-state index in [9.17, 15) is 4.79 Å². The zero-order chi connectivity index (χ0) is 12.0. The van der Waals surface area contributed by atoms with Gasteiger partial charge in [0, 0.05) is 12.5 Å². The van der Waals surface area contributed by atoms with E-state index in [0.717, 1.165) is 17.1 Å². The number of carbonyl (C=O) groups excluding carboxylic acids is 1. The summed E-state index contributed by atoms with van der Waals surface area (Å²) in [5.41, 5.74) is 0.807. The number of carbonyl (C=O) groups is 1. The molecule has 0 amide bonds. The lowest BCUT2D eigenvalue weighted by Gasteiger charge is -2.11. The van der Waals surface area contributed by atoms with Gasteiger partial charge in [-0.25, -0.2) is 9.78 Å². The normalized spacial score (nSPS) is 12.4. The summed E-state index contributed by atoms with van der Waals surface area (Å²) in [5.74, 6) is -0.323. The van der Waals surface area contributed by atoms with Crippen LogP contribution in [0, 0.1) is 0 Å². The fraction of sp³-hybridized carbons (Fsp3) is 0.636. The van der Waals surface area contributed by atoms with Crippen molar-refractivity contribution < 1.29 is 14.3 Å². The van der Waals surface area contributed by atoms with Crippen LogP contribution in [-0.2, 0) is 27.3 Å². The maximum Gasteiger partial charge on any atom is 0.335 e. The first-order valence-corrected chi connectivity index (χ1v) is 6.21. The van der Waals surface area contributed by atoms with Gasteiger partial charge in [-0.3, -0.25) is 0 Å². The molecule has 0 radical (unpaired) electrons. The van der Waals surface area contributed by atoms with Gasteiger partial charge in [-0.1, -0.05) is 13.8 Å². The average Bonchev–Trinajstić information content (AvgIpc) is 2.76. The molecule has 0 bridgehead atoms. The van der Waals surface area contributed by atoms with Crippen molar-refractivity contribution in [1.29, 1.82) is 0 Å². The summed E-state index contributed by atoms with van der Waals surface area (Å²) in [4.78, 5) is 15.8. The molecule has 1 atom stereocenters. The summed E-state index contributed by atoms with van der Waals surface area (Å²) >= 11 is 1.59. The molecule has 0 saturated heterocycles. The first kappa shape index (κ1) is 13.1. The van der Waals surface area contributed by atoms with Crippen molar-refractivity contribution in [3.05, 3.63) is 16.1 Å². The monoisotopic (exact) mass is 243 g/mol. The quantitative estimate of drug-likeness (QED) is 0.718. The van der Waals surface area contributed by atoms with Crippen molar-refractivity contribution in [3.63, 3.8) is 0 Å². The number of aryl methyl sites for hydroxylation is 1. The van der Waals surface area contributed by atoms with Gasteiger partial charge in [0.1, 0.15) is 6.61 Å². The molecule has 0 aromatic carbocycles. The van der Waals surface area contributed by atoms with Gasteiger partial charge in [0.05, 0.1) is 10.7 Å². The second kappa shape index (κ2) is 6.60. The molecule has 5 heteroatoms. The summed E-state index contributed by atoms with van der Waals surface area (Å²) in [6, 6.07) is 0. The molecule has 1 aromatic heterocycles. The smallest absolute Gasteiger partial charge is 0.335 e. The van der Waals surface area contributed by atoms with Crippen molar-refractivity contribution >= 4 is 17.3 Å². The van der Waals surface area contributed by atoms with Crippen molar-refractivity contribution in [3.8, 4) is 0 Å². The topological polar surface area (TPSA) is 48.4 Å². The molecule has 1 rings (SSSR count). The molecule has 1 heterocycles. The Morgan fingerprint density at radius 3 is 2.81 bits per heavy atom. The molecular weight excluding hydrogens is 226 g/mol. The fourth-order valence-electron chi connectivity index (χ4n) is 1.25. The summed E-state index contributed by atoms with van der Waals surface area (Å²) in [6.07, 6.45) is 1.06. The number of aromatic nitrogens is 1. The van der Waals surface area contributed by atoms with Gasteiger partial charge in [-0.05, 0) is 12.8 Å². The highest BCUT2D eigenvalue weighted by molar-refractivity contribution is 7.09. The highest BCUT2D eigenvalue weighted by Crippen LogP contribution is 2.11. The van der Waals surface area contributed by atoms with E-state index in [1.54, 1.807) is 11.3 Å². The van der Waals surface area contributed by atoms with Crippen LogP contribution in [0.15, 0.2) is 5.38 Å². The molecule has 0 aliphatic carbocycles. The Bertz CT molecular complexity index is 334. The van der Waals surface area contributed by atoms with E-state index in [4.69, 9.17) is 9.47 Å². The Labute approximate surface area is 99.6 Å². The van der Waals surface area contributed by atoms with Gasteiger partial charge in [-0.15, -0.1) is 11.3 Å². The summed E-state index contributed by atoms with van der Waals surface area (Å²) in [6.45, 7) is 4.16. The average molecular weight is 243 g/mol. The Kier molecular flexibility index (Phi) is 5.42. The van der Waals surface area contributed by atoms with E-state index in [0.29, 0.717) is 6.42 Å². The van der Waals surface area contributed by atoms with E-state index >= 15 is 0 Å². The van der Waals surface area contributed by atoms with Gasteiger partial charge < -0.3 is 9.47 Å². The maximum atomic E-state index is 11.5. The number of thiazole rings is 1. The maximum absolute atomic E-state index is 11.5. The predicted octanol–water partition coefficient (Wildman–Crippen LogP) is 2.17. The second-order valence-corrected chi connectivity index (χ2v) is 4.27. The molecule has 0 N–H and O–H groups in total. The molecule has 0 aliphatic rings. The van der Waals surface area contributed by atoms with Crippen LogP contribution in [0.3, 0.4) is 0 Å². The Morgan fingerprint density at radius 1 is 1.56 bits per heavy atom. The Hall–Kier alpha value is -0.940. The third-order valence-corrected chi connectivity index (χ3v) is 3.22. The zero-order valence-corrected chi connectivity index (χ0v) is 10.7. The lowest BCUT2D eigenvalue weighted by molar-refractivity contribution is -0.157. The van der Waals surface area contributed by atoms with Crippen LogP contribution in [0.2, 0.25) is 0 Å². The third kappa shape index (κ3) is 3.57. The molecule has 16 heavy (non-hydrogen) atoms. The number of ether oxygens (including phenoxy) is 2. The summed E-state index contributed by atoms with van der Waals surface area (Å²) in [5, 5.41) is 2.98. The number of hydrogen-bond donors (Lipinski definition) is 0. The zero-order valence-electron chi connectivity index (χ0n) is 9.86. The largest absolute Gasteiger partial charge is 0.457 e. The SMILES string of the molecule is CCc1nc(COC(=O)C(CC)OC)cs1. The molecular formula is C11H17NO3S. The van der Waals surface area contributed by atoms with Gasteiger partial charge in [0.25, 0.3) is 0 Å². The van der Waals surface area contributed by atoms with Crippen LogP contribution in [0.4, 0.5) is 0 Å². The number of methoxy groups -OCH3 is 1. The standard InChI is InChI=1S/C11H17NO3S/c1-4-9(14-3)11(13)15-6-8-7-16-10(5-2)12-8/h7,9H,4-6H2,1-3H3. The minimum Gasteiger partial charge on any atom is -0.457 e. The second-order valence-electron chi connectivity index (χ2n) is 3.33. The van der Waals surface area contributed by atoms with Crippen molar-refractivity contribution in [2.75, 3.05) is 7.11 Å². The molecule has 0 aliphatic heterocycles. The van der Waals surface area contributed by atoms with Gasteiger partial charge in [0.15, 0.2) is 6.10 Å². The van der Waals surface area contributed by atoms with Crippen molar-refractivity contribution in [2.45, 2.75) is 39.4 Å². The Balaban J connectivity index is 2.41. The van der Waals surface area contributed by atoms with Crippen LogP contribution in [-0.4, -0.2) is 24.2 Å². The van der Waals surface area contributed by atoms with E-state index < -0.39 is 6.10 Å². The first-order chi connectivity index (χ1) is 7.71. The minimum absolute atomic E-state index is 0.231. The molecule has 4 nitrogen and oxygen atoms in total. The van der Waals surface area contributed by atoms with Gasteiger partial charge >= 0.3 is 5.97 Å². The highest BCUT2D eigenvalue weighted by Gasteiger charge is 2.17. The van der Waals surface area contributed by atoms with Gasteiger partial charge in [0.2, 0.25) is 0 Å². The van der Waals surface area contributed by atoms with E-state index in [1.807, 2.05) is 19.2 Å². The van der Waals surface area contributed by atoms with Gasteiger partial charge in [-0.2, -0.15) is 0 Å². The Morgan fingerprint density at radius 2 is 2.31 bits per heavy atom. The molecule has 1 aromatic rings. The van der Waals surface area contributed by atoms with E-state index in [-0.39, 0.29) is 12.6 Å². The number of esters is 1. The summed E-state index contributed by atoms with van der Waals surface area (Å²) in [7, 11) is 1.51. The lowest BCUT2D eigenvalue weighted by atomic mass is 10.3. The lowest BCUT2D eigenvalue weighted by Crippen LogP contribution is -2.24. The van der Waals surface area contributed by atoms with Crippen LogP contribution in [0.1, 0.15) is 31.0 Å². The van der Waals surface area contributed by atoms with Crippen molar-refractivity contribution in [2.24, 2.45) is 0 Å². The van der Waals surface area contributed by atoms with Crippen LogP contribution in [0.25, 0.3) is 0 Å². The molecule has 0 spiro atoms. The number of nitrogens with zero attached hydrogens (tertiary/aromatic N) is 1. The first-order valence-electron chi connectivity index (χ1n) is 5.33. The number of rotatable bonds is 6. The summed E-state index contributed by atoms with van der Waals surface area (Å²) < 4.78 is 10.1. The highest BCUT2D eigenvalue weighted by atomic mass is 32.1. The van der Waals surface area contributed by atoms with Crippen LogP contribution >= 0.6 is 11.3 Å². The molecule has 0 fully saturated rings. The molecule has 90 valence electrons. The minimum atomic E-state index is -0.468. The van der Waals surface area contributed by atoms with E-state index in [1.165, 1.54) is 7.11 Å². The third-order valence-electron chi connectivity index (χ3n) is 2.18. The number of hydrogen-bond acceptors (Lipinski definition) is 5. The van der Waals surface area contributed by atoms with Crippen molar-refractivity contribution in [1.82, 2.24) is 4.98 Å².